The van der Waals surface area contributed by atoms with Crippen molar-refractivity contribution in [1.29, 1.82) is 0 Å². The number of piperidine rings is 1. The van der Waals surface area contributed by atoms with Crippen molar-refractivity contribution in [3.05, 3.63) is 0 Å². The van der Waals surface area contributed by atoms with E-state index in [1.165, 1.54) is 0 Å². The highest BCUT2D eigenvalue weighted by molar-refractivity contribution is 5.73. The molecule has 0 aromatic rings. The van der Waals surface area contributed by atoms with Gasteiger partial charge in [0.25, 0.3) is 5.92 Å². The lowest BCUT2D eigenvalue weighted by molar-refractivity contribution is -0.152. The average Bonchev–Trinajstić information content (AvgIpc) is 2.12. The molecule has 1 aliphatic heterocycles. The zero-order valence-electron chi connectivity index (χ0n) is 10.6. The summed E-state index contributed by atoms with van der Waals surface area (Å²) in [5.41, 5.74) is -0.803. The van der Waals surface area contributed by atoms with Gasteiger partial charge in [-0.3, -0.25) is 4.79 Å². The maximum atomic E-state index is 13.3. The monoisotopic (exact) mass is 265 g/mol. The number of carboxylic acids is 1. The Morgan fingerprint density at radius 1 is 1.39 bits per heavy atom. The van der Waals surface area contributed by atoms with Crippen LogP contribution in [0.5, 0.6) is 0 Å². The SMILES string of the molecule is CC(C)(C)OC(=O)N1C[C@H](C(=O)O)CC(F)(F)C1. The second kappa shape index (κ2) is 4.70. The molecular weight excluding hydrogens is 248 g/mol. The number of aliphatic carboxylic acids is 1. The van der Waals surface area contributed by atoms with Gasteiger partial charge < -0.3 is 14.7 Å². The summed E-state index contributed by atoms with van der Waals surface area (Å²) in [6, 6.07) is 0. The number of carboxylic acid groups (broad SMARTS) is 1. The number of hydrogen-bond acceptors (Lipinski definition) is 3. The van der Waals surface area contributed by atoms with E-state index in [0.717, 1.165) is 4.90 Å². The van der Waals surface area contributed by atoms with E-state index >= 15 is 0 Å². The molecule has 0 unspecified atom stereocenters. The molecule has 1 rings (SSSR count). The molecule has 0 aromatic carbocycles. The largest absolute Gasteiger partial charge is 0.481 e. The number of nitrogens with zero attached hydrogens (tertiary/aromatic N) is 1. The fourth-order valence-corrected chi connectivity index (χ4v) is 1.73. The predicted octanol–water partition coefficient (Wildman–Crippen LogP) is 1.96. The van der Waals surface area contributed by atoms with Crippen molar-refractivity contribution in [2.75, 3.05) is 13.1 Å². The predicted molar refractivity (Wildman–Crippen MR) is 58.5 cm³/mol. The molecule has 1 amide bonds. The van der Waals surface area contributed by atoms with Gasteiger partial charge in [0.15, 0.2) is 0 Å². The van der Waals surface area contributed by atoms with Gasteiger partial charge in [0.2, 0.25) is 0 Å². The van der Waals surface area contributed by atoms with Crippen LogP contribution in [0.15, 0.2) is 0 Å². The zero-order valence-corrected chi connectivity index (χ0v) is 10.6. The van der Waals surface area contributed by atoms with E-state index in [1.54, 1.807) is 20.8 Å². The van der Waals surface area contributed by atoms with Gasteiger partial charge in [-0.15, -0.1) is 0 Å². The number of likely N-dealkylation sites (tertiary alicyclic amines) is 1. The number of amides is 1. The summed E-state index contributed by atoms with van der Waals surface area (Å²) >= 11 is 0. The lowest BCUT2D eigenvalue weighted by Gasteiger charge is -2.36. The highest BCUT2D eigenvalue weighted by atomic mass is 19.3. The Hall–Kier alpha value is -1.40. The van der Waals surface area contributed by atoms with E-state index in [0.29, 0.717) is 0 Å². The van der Waals surface area contributed by atoms with Gasteiger partial charge >= 0.3 is 12.1 Å². The smallest absolute Gasteiger partial charge is 0.410 e. The fourth-order valence-electron chi connectivity index (χ4n) is 1.73. The summed E-state index contributed by atoms with van der Waals surface area (Å²) in [5.74, 6) is -5.79. The van der Waals surface area contributed by atoms with Gasteiger partial charge in [-0.05, 0) is 20.8 Å². The van der Waals surface area contributed by atoms with E-state index in [-0.39, 0.29) is 6.54 Å². The van der Waals surface area contributed by atoms with Crippen molar-refractivity contribution < 1.29 is 28.2 Å². The number of rotatable bonds is 1. The molecule has 1 fully saturated rings. The highest BCUT2D eigenvalue weighted by Crippen LogP contribution is 2.31. The summed E-state index contributed by atoms with van der Waals surface area (Å²) in [5, 5.41) is 8.79. The summed E-state index contributed by atoms with van der Waals surface area (Å²) in [6.45, 7) is 3.79. The second-order valence-electron chi connectivity index (χ2n) is 5.46. The molecule has 0 aromatic heterocycles. The third kappa shape index (κ3) is 4.12. The third-order valence-corrected chi connectivity index (χ3v) is 2.41. The molecule has 0 saturated carbocycles. The first-order chi connectivity index (χ1) is 8.00. The molecule has 7 heteroatoms. The van der Waals surface area contributed by atoms with Crippen LogP contribution < -0.4 is 0 Å². The Balaban J connectivity index is 2.76. The van der Waals surface area contributed by atoms with E-state index in [1.807, 2.05) is 0 Å². The Bertz CT molecular complexity index is 351. The number of carbonyl (C=O) groups excluding carboxylic acids is 1. The van der Waals surface area contributed by atoms with Gasteiger partial charge in [0.1, 0.15) is 5.60 Å². The number of halogens is 2. The van der Waals surface area contributed by atoms with E-state index in [9.17, 15) is 18.4 Å². The van der Waals surface area contributed by atoms with Crippen LogP contribution in [0.2, 0.25) is 0 Å². The molecule has 1 heterocycles. The zero-order chi connectivity index (χ0) is 14.1. The van der Waals surface area contributed by atoms with E-state index in [2.05, 4.69) is 0 Å². The summed E-state index contributed by atoms with van der Waals surface area (Å²) in [7, 11) is 0. The lowest BCUT2D eigenvalue weighted by atomic mass is 9.96. The van der Waals surface area contributed by atoms with Crippen LogP contribution >= 0.6 is 0 Å². The minimum atomic E-state index is -3.20. The number of hydrogen-bond donors (Lipinski definition) is 1. The fraction of sp³-hybridized carbons (Fsp3) is 0.818. The van der Waals surface area contributed by atoms with Gasteiger partial charge in [-0.2, -0.15) is 0 Å². The van der Waals surface area contributed by atoms with Crippen molar-refractivity contribution in [3.63, 3.8) is 0 Å². The molecule has 1 aliphatic rings. The topological polar surface area (TPSA) is 66.8 Å². The Labute approximate surface area is 104 Å². The maximum Gasteiger partial charge on any atom is 0.410 e. The summed E-state index contributed by atoms with van der Waals surface area (Å²) in [4.78, 5) is 23.2. The Morgan fingerprint density at radius 3 is 2.39 bits per heavy atom. The van der Waals surface area contributed by atoms with Crippen LogP contribution in [0, 0.1) is 5.92 Å². The summed E-state index contributed by atoms with van der Waals surface area (Å²) < 4.78 is 31.7. The minimum Gasteiger partial charge on any atom is -0.481 e. The van der Waals surface area contributed by atoms with Crippen LogP contribution in [0.1, 0.15) is 27.2 Å². The maximum absolute atomic E-state index is 13.3. The molecule has 1 saturated heterocycles. The van der Waals surface area contributed by atoms with Crippen LogP contribution in [-0.2, 0) is 9.53 Å². The van der Waals surface area contributed by atoms with Crippen molar-refractivity contribution in [3.8, 4) is 0 Å². The standard InChI is InChI=1S/C11H17F2NO4/c1-10(2,3)18-9(17)14-5-7(8(15)16)4-11(12,13)6-14/h7H,4-6H2,1-3H3,(H,15,16)/t7-/m1/s1. The molecule has 5 nitrogen and oxygen atoms in total. The molecule has 0 aliphatic carbocycles. The van der Waals surface area contributed by atoms with Crippen molar-refractivity contribution in [2.45, 2.75) is 38.7 Å². The quantitative estimate of drug-likeness (QED) is 0.787. The highest BCUT2D eigenvalue weighted by Gasteiger charge is 2.45. The number of alkyl halides is 2. The first-order valence-corrected chi connectivity index (χ1v) is 5.59. The average molecular weight is 265 g/mol. The molecule has 0 spiro atoms. The van der Waals surface area contributed by atoms with Crippen LogP contribution in [0.25, 0.3) is 0 Å². The first kappa shape index (κ1) is 14.7. The number of carbonyl (C=O) groups is 2. The minimum absolute atomic E-state index is 0.250. The molecule has 1 atom stereocenters. The molecular formula is C11H17F2NO4. The van der Waals surface area contributed by atoms with Gasteiger partial charge in [-0.25, -0.2) is 13.6 Å². The van der Waals surface area contributed by atoms with E-state index in [4.69, 9.17) is 9.84 Å². The molecule has 1 N–H and O–H groups in total. The first-order valence-electron chi connectivity index (χ1n) is 5.59. The lowest BCUT2D eigenvalue weighted by Crippen LogP contribution is -2.52. The second-order valence-corrected chi connectivity index (χ2v) is 5.46. The Kier molecular flexibility index (Phi) is 3.83. The van der Waals surface area contributed by atoms with Crippen molar-refractivity contribution >= 4 is 12.1 Å². The van der Waals surface area contributed by atoms with Crippen LogP contribution in [0.4, 0.5) is 13.6 Å². The van der Waals surface area contributed by atoms with Crippen LogP contribution in [-0.4, -0.2) is 46.7 Å². The molecule has 18 heavy (non-hydrogen) atoms. The summed E-state index contributed by atoms with van der Waals surface area (Å²) in [6.07, 6.45) is -1.66. The van der Waals surface area contributed by atoms with Gasteiger partial charge in [0.05, 0.1) is 12.5 Å². The Morgan fingerprint density at radius 2 is 1.94 bits per heavy atom. The van der Waals surface area contributed by atoms with E-state index < -0.39 is 42.5 Å². The van der Waals surface area contributed by atoms with Gasteiger partial charge in [-0.1, -0.05) is 0 Å². The number of ether oxygens (including phenoxy) is 1. The van der Waals surface area contributed by atoms with Crippen LogP contribution in [0.3, 0.4) is 0 Å². The third-order valence-electron chi connectivity index (χ3n) is 2.41. The molecule has 104 valence electrons. The van der Waals surface area contributed by atoms with Crippen molar-refractivity contribution in [2.24, 2.45) is 5.92 Å². The molecule has 0 radical (unpaired) electrons. The van der Waals surface area contributed by atoms with Crippen molar-refractivity contribution in [1.82, 2.24) is 4.90 Å². The normalized spacial score (nSPS) is 23.6. The van der Waals surface area contributed by atoms with Gasteiger partial charge in [0, 0.05) is 13.0 Å². The molecule has 0 bridgehead atoms.